The number of hydrogen-bond acceptors (Lipinski definition) is 3. The van der Waals surface area contributed by atoms with E-state index in [0.29, 0.717) is 13.1 Å². The zero-order valence-corrected chi connectivity index (χ0v) is 9.29. The van der Waals surface area contributed by atoms with Gasteiger partial charge in [-0.05, 0) is 13.5 Å². The highest BCUT2D eigenvalue weighted by Crippen LogP contribution is 2.07. The Labute approximate surface area is 85.4 Å². The van der Waals surface area contributed by atoms with Gasteiger partial charge in [0.05, 0.1) is 12.4 Å². The van der Waals surface area contributed by atoms with Gasteiger partial charge in [0.15, 0.2) is 0 Å². The van der Waals surface area contributed by atoms with Crippen LogP contribution in [-0.2, 0) is 15.1 Å². The molecule has 0 aromatic rings. The van der Waals surface area contributed by atoms with E-state index in [9.17, 15) is 13.5 Å². The van der Waals surface area contributed by atoms with Crippen LogP contribution in [0.25, 0.3) is 0 Å². The molecular formula is C8H17N2O3S. The molecule has 0 saturated carbocycles. The van der Waals surface area contributed by atoms with Crippen molar-refractivity contribution in [1.82, 2.24) is 9.21 Å². The third kappa shape index (κ3) is 3.20. The van der Waals surface area contributed by atoms with E-state index in [1.165, 1.54) is 4.31 Å². The molecule has 0 N–H and O–H groups in total. The average Bonchev–Trinajstić information content (AvgIpc) is 2.16. The number of sulfonamides is 1. The molecule has 1 heterocycles. The van der Waals surface area contributed by atoms with Gasteiger partial charge in [-0.25, -0.2) is 13.5 Å². The average molecular weight is 221 g/mol. The largest absolute Gasteiger partial charge is 0.304 e. The smallest absolute Gasteiger partial charge is 0.214 e. The molecule has 14 heavy (non-hydrogen) atoms. The first-order valence-corrected chi connectivity index (χ1v) is 6.41. The fourth-order valence-corrected chi connectivity index (χ4v) is 2.90. The third-order valence-electron chi connectivity index (χ3n) is 2.40. The van der Waals surface area contributed by atoms with Crippen molar-refractivity contribution in [2.75, 3.05) is 45.6 Å². The molecule has 0 aromatic heterocycles. The van der Waals surface area contributed by atoms with Gasteiger partial charge >= 0.3 is 0 Å². The van der Waals surface area contributed by atoms with Gasteiger partial charge in [0, 0.05) is 26.2 Å². The Morgan fingerprint density at radius 3 is 2.21 bits per heavy atom. The number of nitrogens with zero attached hydrogens (tertiary/aromatic N) is 2. The van der Waals surface area contributed by atoms with E-state index in [2.05, 4.69) is 4.90 Å². The van der Waals surface area contributed by atoms with E-state index >= 15 is 0 Å². The first kappa shape index (κ1) is 11.9. The van der Waals surface area contributed by atoms with Crippen LogP contribution in [0.15, 0.2) is 0 Å². The van der Waals surface area contributed by atoms with Crippen LogP contribution in [-0.4, -0.2) is 63.2 Å². The zero-order chi connectivity index (χ0) is 10.6. The second kappa shape index (κ2) is 5.06. The van der Waals surface area contributed by atoms with Crippen molar-refractivity contribution in [3.05, 3.63) is 0 Å². The molecule has 0 bridgehead atoms. The van der Waals surface area contributed by atoms with E-state index < -0.39 is 10.0 Å². The van der Waals surface area contributed by atoms with Crippen molar-refractivity contribution in [3.63, 3.8) is 0 Å². The molecule has 1 aliphatic rings. The maximum atomic E-state index is 11.6. The Bertz CT molecular complexity index is 258. The molecule has 0 unspecified atom stereocenters. The summed E-state index contributed by atoms with van der Waals surface area (Å²) in [5.41, 5.74) is 0. The second-order valence-electron chi connectivity index (χ2n) is 3.58. The molecule has 0 aromatic carbocycles. The summed E-state index contributed by atoms with van der Waals surface area (Å²) in [5, 5.41) is 10.2. The summed E-state index contributed by atoms with van der Waals surface area (Å²) in [6.45, 7) is 2.34. The summed E-state index contributed by atoms with van der Waals surface area (Å²) in [7, 11) is -1.19. The highest BCUT2D eigenvalue weighted by atomic mass is 32.2. The Morgan fingerprint density at radius 1 is 1.14 bits per heavy atom. The van der Waals surface area contributed by atoms with Crippen LogP contribution < -0.4 is 0 Å². The lowest BCUT2D eigenvalue weighted by Gasteiger charge is -2.31. The SMILES string of the molecule is CN1CCN(S(=O)(=O)CCC[O])CC1. The van der Waals surface area contributed by atoms with Crippen LogP contribution in [0.2, 0.25) is 0 Å². The molecule has 1 radical (unpaired) electrons. The quantitative estimate of drug-likeness (QED) is 0.636. The van der Waals surface area contributed by atoms with E-state index in [4.69, 9.17) is 0 Å². The van der Waals surface area contributed by atoms with Gasteiger partial charge in [-0.2, -0.15) is 4.31 Å². The minimum Gasteiger partial charge on any atom is -0.304 e. The Kier molecular flexibility index (Phi) is 4.31. The molecule has 0 atom stereocenters. The van der Waals surface area contributed by atoms with Crippen molar-refractivity contribution < 1.29 is 13.5 Å². The fourth-order valence-electron chi connectivity index (χ4n) is 1.44. The van der Waals surface area contributed by atoms with Crippen molar-refractivity contribution >= 4 is 10.0 Å². The highest BCUT2D eigenvalue weighted by molar-refractivity contribution is 7.89. The monoisotopic (exact) mass is 221 g/mol. The molecule has 0 spiro atoms. The first-order valence-electron chi connectivity index (χ1n) is 4.81. The summed E-state index contributed by atoms with van der Waals surface area (Å²) in [5.74, 6) is 0.000213. The van der Waals surface area contributed by atoms with Gasteiger partial charge < -0.3 is 4.90 Å². The molecule has 5 nitrogen and oxygen atoms in total. The molecule has 0 aliphatic carbocycles. The van der Waals surface area contributed by atoms with E-state index in [1.807, 2.05) is 7.05 Å². The fraction of sp³-hybridized carbons (Fsp3) is 1.00. The van der Waals surface area contributed by atoms with Gasteiger partial charge in [0.2, 0.25) is 10.0 Å². The standard InChI is InChI=1S/C8H17N2O3S/c1-9-3-5-10(6-4-9)14(12,13)8-2-7-11/h2-8H2,1H3. The third-order valence-corrected chi connectivity index (χ3v) is 4.36. The van der Waals surface area contributed by atoms with Crippen LogP contribution in [0, 0.1) is 0 Å². The number of likely N-dealkylation sites (N-methyl/N-ethyl adjacent to an activating group) is 1. The van der Waals surface area contributed by atoms with Crippen molar-refractivity contribution in [2.24, 2.45) is 0 Å². The molecule has 1 saturated heterocycles. The topological polar surface area (TPSA) is 60.5 Å². The summed E-state index contributed by atoms with van der Waals surface area (Å²) < 4.78 is 24.7. The van der Waals surface area contributed by atoms with Gasteiger partial charge in [-0.3, -0.25) is 0 Å². The number of piperazine rings is 1. The molecule has 1 fully saturated rings. The molecule has 1 rings (SSSR count). The second-order valence-corrected chi connectivity index (χ2v) is 5.66. The van der Waals surface area contributed by atoms with Crippen LogP contribution in [0.3, 0.4) is 0 Å². The molecule has 6 heteroatoms. The normalized spacial score (nSPS) is 21.3. The van der Waals surface area contributed by atoms with Crippen molar-refractivity contribution in [1.29, 1.82) is 0 Å². The predicted molar refractivity (Wildman–Crippen MR) is 53.0 cm³/mol. The summed E-state index contributed by atoms with van der Waals surface area (Å²) >= 11 is 0. The lowest BCUT2D eigenvalue weighted by Crippen LogP contribution is -2.47. The maximum Gasteiger partial charge on any atom is 0.214 e. The van der Waals surface area contributed by atoms with Crippen LogP contribution in [0.1, 0.15) is 6.42 Å². The minimum atomic E-state index is -3.16. The van der Waals surface area contributed by atoms with Gasteiger partial charge in [0.1, 0.15) is 0 Å². The minimum absolute atomic E-state index is 0.000213. The predicted octanol–water partition coefficient (Wildman–Crippen LogP) is -0.616. The number of rotatable bonds is 4. The Hall–Kier alpha value is -0.170. The summed E-state index contributed by atoms with van der Waals surface area (Å²) in [6, 6.07) is 0. The molecule has 0 amide bonds. The van der Waals surface area contributed by atoms with Crippen molar-refractivity contribution in [3.8, 4) is 0 Å². The maximum absolute atomic E-state index is 11.6. The molecular weight excluding hydrogens is 204 g/mol. The summed E-state index contributed by atoms with van der Waals surface area (Å²) in [6.07, 6.45) is 0.217. The summed E-state index contributed by atoms with van der Waals surface area (Å²) in [4.78, 5) is 2.10. The van der Waals surface area contributed by atoms with E-state index in [0.717, 1.165) is 13.1 Å². The zero-order valence-electron chi connectivity index (χ0n) is 8.48. The van der Waals surface area contributed by atoms with Crippen molar-refractivity contribution in [2.45, 2.75) is 6.42 Å². The van der Waals surface area contributed by atoms with Gasteiger partial charge in [0.25, 0.3) is 0 Å². The van der Waals surface area contributed by atoms with E-state index in [1.54, 1.807) is 0 Å². The first-order chi connectivity index (χ1) is 6.56. The van der Waals surface area contributed by atoms with Crippen LogP contribution in [0.5, 0.6) is 0 Å². The highest BCUT2D eigenvalue weighted by Gasteiger charge is 2.24. The van der Waals surface area contributed by atoms with Crippen LogP contribution in [0.4, 0.5) is 0 Å². The lowest BCUT2D eigenvalue weighted by atomic mass is 10.4. The lowest BCUT2D eigenvalue weighted by molar-refractivity contribution is 0.192. The van der Waals surface area contributed by atoms with E-state index in [-0.39, 0.29) is 18.8 Å². The Morgan fingerprint density at radius 2 is 1.71 bits per heavy atom. The van der Waals surface area contributed by atoms with Gasteiger partial charge in [-0.15, -0.1) is 0 Å². The van der Waals surface area contributed by atoms with Gasteiger partial charge in [-0.1, -0.05) is 0 Å². The molecule has 1 aliphatic heterocycles. The Balaban J connectivity index is 2.47. The molecule has 83 valence electrons. The van der Waals surface area contributed by atoms with Crippen LogP contribution >= 0.6 is 0 Å². The number of hydrogen-bond donors (Lipinski definition) is 0.